The molecule has 0 spiro atoms. The minimum Gasteiger partial charge on any atom is -0.411 e. The molecule has 0 amide bonds. The second-order valence-electron chi connectivity index (χ2n) is 14.0. The van der Waals surface area contributed by atoms with Crippen LogP contribution in [-0.2, 0) is 34.7 Å². The summed E-state index contributed by atoms with van der Waals surface area (Å²) >= 11 is 0. The second-order valence-corrected chi connectivity index (χ2v) is 18.7. The van der Waals surface area contributed by atoms with Crippen LogP contribution in [0.5, 0.6) is 0 Å². The molecule has 1 aromatic carbocycles. The van der Waals surface area contributed by atoms with Gasteiger partial charge in [0.05, 0.1) is 37.1 Å². The Bertz CT molecular complexity index is 909. The summed E-state index contributed by atoms with van der Waals surface area (Å²) < 4.78 is 38.5. The Labute approximate surface area is 245 Å². The van der Waals surface area contributed by atoms with Gasteiger partial charge in [0.25, 0.3) is 0 Å². The van der Waals surface area contributed by atoms with Crippen molar-refractivity contribution in [2.75, 3.05) is 6.61 Å². The fraction of sp³-hybridized carbons (Fsp3) is 0.758. The SMILES string of the molecule is C=CC[C@@H]1C[C@H]([C@@H](CC[C@@H]2C[C@H](CCOCc3ccccc3)OC(C)(C)O2)O[Si](C)(C)C(C)(C)C)OC(C)(C)O1. The van der Waals surface area contributed by atoms with Gasteiger partial charge in [-0.3, -0.25) is 0 Å². The zero-order valence-corrected chi connectivity index (χ0v) is 27.7. The summed E-state index contributed by atoms with van der Waals surface area (Å²) in [5.41, 5.74) is 1.19. The van der Waals surface area contributed by atoms with E-state index in [1.165, 1.54) is 5.56 Å². The summed E-state index contributed by atoms with van der Waals surface area (Å²) in [7, 11) is -2.04. The molecule has 0 radical (unpaired) electrons. The summed E-state index contributed by atoms with van der Waals surface area (Å²) in [5, 5.41) is 0.106. The minimum atomic E-state index is -2.04. The van der Waals surface area contributed by atoms with Gasteiger partial charge < -0.3 is 28.1 Å². The van der Waals surface area contributed by atoms with Crippen LogP contribution >= 0.6 is 0 Å². The molecule has 228 valence electrons. The van der Waals surface area contributed by atoms with E-state index in [1.54, 1.807) is 0 Å². The third-order valence-corrected chi connectivity index (χ3v) is 12.9. The van der Waals surface area contributed by atoms with Crippen LogP contribution in [0.15, 0.2) is 43.0 Å². The van der Waals surface area contributed by atoms with Crippen LogP contribution in [0, 0.1) is 0 Å². The van der Waals surface area contributed by atoms with Gasteiger partial charge in [-0.05, 0) is 77.1 Å². The summed E-state index contributed by atoms with van der Waals surface area (Å²) in [4.78, 5) is 0. The smallest absolute Gasteiger partial charge is 0.192 e. The Hall–Kier alpha value is -1.06. The zero-order valence-electron chi connectivity index (χ0n) is 26.7. The molecule has 2 aliphatic rings. The molecule has 0 N–H and O–H groups in total. The first-order valence-electron chi connectivity index (χ1n) is 15.2. The minimum absolute atomic E-state index is 0.0291. The predicted octanol–water partition coefficient (Wildman–Crippen LogP) is 8.16. The van der Waals surface area contributed by atoms with Crippen molar-refractivity contribution in [2.45, 2.75) is 154 Å². The van der Waals surface area contributed by atoms with Gasteiger partial charge in [0.15, 0.2) is 19.9 Å². The van der Waals surface area contributed by atoms with E-state index >= 15 is 0 Å². The van der Waals surface area contributed by atoms with E-state index in [0.29, 0.717) is 13.2 Å². The van der Waals surface area contributed by atoms with E-state index in [-0.39, 0.29) is 35.6 Å². The summed E-state index contributed by atoms with van der Waals surface area (Å²) in [6.45, 7) is 24.8. The zero-order chi connectivity index (χ0) is 29.6. The van der Waals surface area contributed by atoms with Crippen molar-refractivity contribution in [1.82, 2.24) is 0 Å². The Balaban J connectivity index is 1.65. The van der Waals surface area contributed by atoms with Crippen molar-refractivity contribution in [2.24, 2.45) is 0 Å². The van der Waals surface area contributed by atoms with E-state index in [1.807, 2.05) is 52.0 Å². The monoisotopic (exact) mass is 576 g/mol. The molecule has 0 bridgehead atoms. The lowest BCUT2D eigenvalue weighted by atomic mass is 9.95. The van der Waals surface area contributed by atoms with Gasteiger partial charge in [0.1, 0.15) is 0 Å². The molecular weight excluding hydrogens is 520 g/mol. The molecule has 0 aliphatic carbocycles. The maximum atomic E-state index is 7.08. The number of hydrogen-bond donors (Lipinski definition) is 0. The highest BCUT2D eigenvalue weighted by atomic mass is 28.4. The van der Waals surface area contributed by atoms with Gasteiger partial charge in [-0.15, -0.1) is 6.58 Å². The van der Waals surface area contributed by atoms with Crippen LogP contribution < -0.4 is 0 Å². The number of hydrogen-bond acceptors (Lipinski definition) is 6. The van der Waals surface area contributed by atoms with Crippen LogP contribution in [0.1, 0.15) is 92.6 Å². The van der Waals surface area contributed by atoms with Crippen molar-refractivity contribution in [3.63, 3.8) is 0 Å². The summed E-state index contributed by atoms with van der Waals surface area (Å²) in [6.07, 6.45) is 7.19. The van der Waals surface area contributed by atoms with Gasteiger partial charge >= 0.3 is 0 Å². The van der Waals surface area contributed by atoms with Gasteiger partial charge in [0, 0.05) is 19.4 Å². The van der Waals surface area contributed by atoms with Crippen LogP contribution in [0.2, 0.25) is 18.1 Å². The lowest BCUT2D eigenvalue weighted by Gasteiger charge is -2.47. The van der Waals surface area contributed by atoms with Crippen molar-refractivity contribution >= 4 is 8.32 Å². The summed E-state index contributed by atoms with van der Waals surface area (Å²) in [5.74, 6) is -1.29. The maximum Gasteiger partial charge on any atom is 0.192 e. The quantitative estimate of drug-likeness (QED) is 0.134. The molecule has 0 aromatic heterocycles. The fourth-order valence-electron chi connectivity index (χ4n) is 5.49. The number of benzene rings is 1. The van der Waals surface area contributed by atoms with Crippen molar-refractivity contribution in [3.8, 4) is 0 Å². The summed E-state index contributed by atoms with van der Waals surface area (Å²) in [6, 6.07) is 10.3. The Morgan fingerprint density at radius 3 is 2.15 bits per heavy atom. The van der Waals surface area contributed by atoms with Crippen molar-refractivity contribution in [1.29, 1.82) is 0 Å². The van der Waals surface area contributed by atoms with E-state index in [9.17, 15) is 0 Å². The molecule has 2 heterocycles. The van der Waals surface area contributed by atoms with E-state index in [4.69, 9.17) is 28.1 Å². The lowest BCUT2D eigenvalue weighted by Crippen LogP contribution is -2.53. The average molecular weight is 577 g/mol. The van der Waals surface area contributed by atoms with Crippen molar-refractivity contribution in [3.05, 3.63) is 48.6 Å². The van der Waals surface area contributed by atoms with E-state index in [0.717, 1.165) is 38.5 Å². The van der Waals surface area contributed by atoms with Gasteiger partial charge in [-0.25, -0.2) is 0 Å². The molecule has 3 rings (SSSR count). The first kappa shape index (κ1) is 33.4. The highest BCUT2D eigenvalue weighted by Crippen LogP contribution is 2.41. The molecule has 1 aromatic rings. The van der Waals surface area contributed by atoms with Gasteiger partial charge in [-0.2, -0.15) is 0 Å². The molecule has 2 aliphatic heterocycles. The van der Waals surface area contributed by atoms with Crippen LogP contribution in [-0.4, -0.2) is 57.0 Å². The molecule has 0 saturated carbocycles. The number of ether oxygens (including phenoxy) is 5. The third kappa shape index (κ3) is 10.3. The molecule has 5 atom stereocenters. The first-order chi connectivity index (χ1) is 18.6. The molecular formula is C33H56O6Si. The predicted molar refractivity (Wildman–Crippen MR) is 164 cm³/mol. The molecule has 2 saturated heterocycles. The Morgan fingerprint density at radius 1 is 0.925 bits per heavy atom. The lowest BCUT2D eigenvalue weighted by molar-refractivity contribution is -0.314. The maximum absolute atomic E-state index is 7.08. The van der Waals surface area contributed by atoms with E-state index in [2.05, 4.69) is 52.6 Å². The highest BCUT2D eigenvalue weighted by Gasteiger charge is 2.45. The molecule has 6 nitrogen and oxygen atoms in total. The van der Waals surface area contributed by atoms with Crippen LogP contribution in [0.3, 0.4) is 0 Å². The van der Waals surface area contributed by atoms with Crippen LogP contribution in [0.25, 0.3) is 0 Å². The first-order valence-corrected chi connectivity index (χ1v) is 18.1. The van der Waals surface area contributed by atoms with Crippen molar-refractivity contribution < 1.29 is 28.1 Å². The number of rotatable bonds is 13. The molecule has 2 fully saturated rings. The Morgan fingerprint density at radius 2 is 1.52 bits per heavy atom. The third-order valence-electron chi connectivity index (χ3n) is 8.37. The standard InChI is InChI=1S/C33H56O6Si/c1-11-15-26-23-30(38-33(7,8)35-26)29(39-40(9,10)31(2,3)4)19-18-27-22-28(37-32(5,6)36-27)20-21-34-24-25-16-13-12-14-17-25/h11-14,16-17,26-30H,1,15,18-24H2,2-10H3/t26-,27-,28+,29-,30-/m1/s1. The topological polar surface area (TPSA) is 55.4 Å². The normalized spacial score (nSPS) is 27.7. The van der Waals surface area contributed by atoms with Gasteiger partial charge in [0.2, 0.25) is 0 Å². The largest absolute Gasteiger partial charge is 0.411 e. The molecule has 40 heavy (non-hydrogen) atoms. The molecule has 0 unspecified atom stereocenters. The second kappa shape index (κ2) is 13.9. The Kier molecular flexibility index (Phi) is 11.7. The van der Waals surface area contributed by atoms with E-state index < -0.39 is 19.9 Å². The molecule has 7 heteroatoms. The highest BCUT2D eigenvalue weighted by molar-refractivity contribution is 6.74. The van der Waals surface area contributed by atoms with Gasteiger partial charge in [-0.1, -0.05) is 57.2 Å². The van der Waals surface area contributed by atoms with Crippen LogP contribution in [0.4, 0.5) is 0 Å². The fourth-order valence-corrected chi connectivity index (χ4v) is 6.87. The average Bonchev–Trinajstić information content (AvgIpc) is 2.82.